The third-order valence-corrected chi connectivity index (χ3v) is 4.59. The smallest absolute Gasteiger partial charge is 0.276 e. The summed E-state index contributed by atoms with van der Waals surface area (Å²) in [5, 5.41) is 5.84. The van der Waals surface area contributed by atoms with Gasteiger partial charge in [-0.2, -0.15) is 0 Å². The molecule has 0 aliphatic heterocycles. The van der Waals surface area contributed by atoms with Crippen LogP contribution in [-0.2, 0) is 6.54 Å². The fourth-order valence-electron chi connectivity index (χ4n) is 2.04. The first-order chi connectivity index (χ1) is 10.6. The third-order valence-electron chi connectivity index (χ3n) is 3.17. The van der Waals surface area contributed by atoms with Gasteiger partial charge in [0.15, 0.2) is 11.5 Å². The zero-order chi connectivity index (χ0) is 15.5. The van der Waals surface area contributed by atoms with E-state index in [1.807, 2.05) is 41.8 Å². The van der Waals surface area contributed by atoms with Gasteiger partial charge < -0.3 is 9.42 Å². The molecule has 0 N–H and O–H groups in total. The SMILES string of the molecule is CN(Cc1ccc(Br)cc1)C(=O)c1cc(-c2cccs2)on1. The average molecular weight is 377 g/mol. The maximum absolute atomic E-state index is 12.4. The predicted octanol–water partition coefficient (Wildman–Crippen LogP) is 4.44. The van der Waals surface area contributed by atoms with Gasteiger partial charge in [0.25, 0.3) is 5.91 Å². The minimum atomic E-state index is -0.158. The summed E-state index contributed by atoms with van der Waals surface area (Å²) in [5.41, 5.74) is 1.38. The Kier molecular flexibility index (Phi) is 4.40. The summed E-state index contributed by atoms with van der Waals surface area (Å²) in [5.74, 6) is 0.463. The van der Waals surface area contributed by atoms with E-state index in [1.165, 1.54) is 0 Å². The van der Waals surface area contributed by atoms with Crippen LogP contribution in [0.4, 0.5) is 0 Å². The fraction of sp³-hybridized carbons (Fsp3) is 0.125. The molecule has 3 aromatic rings. The molecular weight excluding hydrogens is 364 g/mol. The van der Waals surface area contributed by atoms with Gasteiger partial charge in [-0.05, 0) is 29.1 Å². The second kappa shape index (κ2) is 6.46. The molecule has 0 bridgehead atoms. The Bertz CT molecular complexity index is 766. The largest absolute Gasteiger partial charge is 0.355 e. The summed E-state index contributed by atoms with van der Waals surface area (Å²) < 4.78 is 6.27. The fourth-order valence-corrected chi connectivity index (χ4v) is 2.98. The van der Waals surface area contributed by atoms with Crippen molar-refractivity contribution in [2.75, 3.05) is 7.05 Å². The molecule has 0 radical (unpaired) electrons. The van der Waals surface area contributed by atoms with Crippen LogP contribution >= 0.6 is 27.3 Å². The van der Waals surface area contributed by atoms with Crippen molar-refractivity contribution in [2.45, 2.75) is 6.54 Å². The number of carbonyl (C=O) groups excluding carboxylic acids is 1. The number of thiophene rings is 1. The molecule has 22 heavy (non-hydrogen) atoms. The van der Waals surface area contributed by atoms with Crippen molar-refractivity contribution < 1.29 is 9.32 Å². The van der Waals surface area contributed by atoms with Gasteiger partial charge in [0.05, 0.1) is 4.88 Å². The second-order valence-electron chi connectivity index (χ2n) is 4.84. The summed E-state index contributed by atoms with van der Waals surface area (Å²) in [6.45, 7) is 0.521. The normalized spacial score (nSPS) is 10.6. The molecule has 3 rings (SSSR count). The van der Waals surface area contributed by atoms with Gasteiger partial charge in [-0.3, -0.25) is 4.79 Å². The van der Waals surface area contributed by atoms with Crippen LogP contribution in [0, 0.1) is 0 Å². The first-order valence-corrected chi connectivity index (χ1v) is 8.31. The van der Waals surface area contributed by atoms with Gasteiger partial charge >= 0.3 is 0 Å². The molecule has 0 aliphatic rings. The summed E-state index contributed by atoms with van der Waals surface area (Å²) >= 11 is 4.95. The van der Waals surface area contributed by atoms with Crippen LogP contribution in [0.5, 0.6) is 0 Å². The predicted molar refractivity (Wildman–Crippen MR) is 89.8 cm³/mol. The summed E-state index contributed by atoms with van der Waals surface area (Å²) in [6, 6.07) is 13.4. The molecular formula is C16H13BrN2O2S. The van der Waals surface area contributed by atoms with E-state index in [0.717, 1.165) is 14.9 Å². The Balaban J connectivity index is 1.72. The van der Waals surface area contributed by atoms with Crippen molar-refractivity contribution >= 4 is 33.2 Å². The first kappa shape index (κ1) is 15.0. The topological polar surface area (TPSA) is 46.3 Å². The molecule has 1 amide bonds. The van der Waals surface area contributed by atoms with Gasteiger partial charge in [0, 0.05) is 24.1 Å². The average Bonchev–Trinajstić information content (AvgIpc) is 3.19. The third kappa shape index (κ3) is 3.28. The Morgan fingerprint density at radius 3 is 2.77 bits per heavy atom. The summed E-state index contributed by atoms with van der Waals surface area (Å²) in [6.07, 6.45) is 0. The number of halogens is 1. The lowest BCUT2D eigenvalue weighted by molar-refractivity contribution is 0.0775. The molecule has 1 aromatic carbocycles. The van der Waals surface area contributed by atoms with Gasteiger partial charge in [-0.25, -0.2) is 0 Å². The molecule has 4 nitrogen and oxygen atoms in total. The van der Waals surface area contributed by atoms with E-state index >= 15 is 0 Å². The minimum Gasteiger partial charge on any atom is -0.355 e. The molecule has 0 aliphatic carbocycles. The highest BCUT2D eigenvalue weighted by atomic mass is 79.9. The van der Waals surface area contributed by atoms with Crippen LogP contribution in [0.3, 0.4) is 0 Å². The van der Waals surface area contributed by atoms with E-state index in [2.05, 4.69) is 21.1 Å². The molecule has 0 saturated heterocycles. The minimum absolute atomic E-state index is 0.158. The Morgan fingerprint density at radius 1 is 1.32 bits per heavy atom. The Morgan fingerprint density at radius 2 is 2.09 bits per heavy atom. The Hall–Kier alpha value is -1.92. The van der Waals surface area contributed by atoms with Crippen LogP contribution in [-0.4, -0.2) is 23.0 Å². The molecule has 0 saturated carbocycles. The van der Waals surface area contributed by atoms with Crippen LogP contribution in [0.15, 0.2) is 56.8 Å². The molecule has 0 fully saturated rings. The van der Waals surface area contributed by atoms with E-state index in [-0.39, 0.29) is 5.91 Å². The molecule has 112 valence electrons. The number of aromatic nitrogens is 1. The van der Waals surface area contributed by atoms with Crippen molar-refractivity contribution in [3.05, 3.63) is 63.6 Å². The van der Waals surface area contributed by atoms with Crippen LogP contribution < -0.4 is 0 Å². The van der Waals surface area contributed by atoms with E-state index in [1.54, 1.807) is 29.4 Å². The summed E-state index contributed by atoms with van der Waals surface area (Å²) in [4.78, 5) is 15.0. The monoisotopic (exact) mass is 376 g/mol. The van der Waals surface area contributed by atoms with Crippen LogP contribution in [0.1, 0.15) is 16.1 Å². The number of benzene rings is 1. The molecule has 0 unspecified atom stereocenters. The van der Waals surface area contributed by atoms with Crippen molar-refractivity contribution in [3.63, 3.8) is 0 Å². The van der Waals surface area contributed by atoms with Crippen LogP contribution in [0.25, 0.3) is 10.6 Å². The number of carbonyl (C=O) groups is 1. The van der Waals surface area contributed by atoms with E-state index in [9.17, 15) is 4.79 Å². The highest BCUT2D eigenvalue weighted by Crippen LogP contribution is 2.25. The van der Waals surface area contributed by atoms with Gasteiger partial charge in [0.2, 0.25) is 0 Å². The maximum atomic E-state index is 12.4. The van der Waals surface area contributed by atoms with E-state index in [4.69, 9.17) is 4.52 Å². The van der Waals surface area contributed by atoms with Gasteiger partial charge in [0.1, 0.15) is 0 Å². The lowest BCUT2D eigenvalue weighted by atomic mass is 10.2. The standard InChI is InChI=1S/C16H13BrN2O2S/c1-19(10-11-4-6-12(17)7-5-11)16(20)13-9-14(21-18-13)15-3-2-8-22-15/h2-9H,10H2,1H3. The van der Waals surface area contributed by atoms with E-state index in [0.29, 0.717) is 18.0 Å². The number of hydrogen-bond acceptors (Lipinski definition) is 4. The van der Waals surface area contributed by atoms with Crippen molar-refractivity contribution in [2.24, 2.45) is 0 Å². The maximum Gasteiger partial charge on any atom is 0.276 e. The number of rotatable bonds is 4. The summed E-state index contributed by atoms with van der Waals surface area (Å²) in [7, 11) is 1.75. The quantitative estimate of drug-likeness (QED) is 0.676. The zero-order valence-electron chi connectivity index (χ0n) is 11.8. The number of hydrogen-bond donors (Lipinski definition) is 0. The van der Waals surface area contributed by atoms with Crippen molar-refractivity contribution in [1.82, 2.24) is 10.1 Å². The Labute approximate surface area is 140 Å². The molecule has 2 aromatic heterocycles. The highest BCUT2D eigenvalue weighted by molar-refractivity contribution is 9.10. The lowest BCUT2D eigenvalue weighted by Crippen LogP contribution is -2.26. The van der Waals surface area contributed by atoms with Gasteiger partial charge in [-0.1, -0.05) is 39.3 Å². The molecule has 6 heteroatoms. The van der Waals surface area contributed by atoms with E-state index < -0.39 is 0 Å². The number of nitrogens with zero attached hydrogens (tertiary/aromatic N) is 2. The molecule has 0 atom stereocenters. The van der Waals surface area contributed by atoms with Crippen molar-refractivity contribution in [1.29, 1.82) is 0 Å². The molecule has 2 heterocycles. The lowest BCUT2D eigenvalue weighted by Gasteiger charge is -2.15. The van der Waals surface area contributed by atoms with Gasteiger partial charge in [-0.15, -0.1) is 11.3 Å². The zero-order valence-corrected chi connectivity index (χ0v) is 14.2. The number of amides is 1. The highest BCUT2D eigenvalue weighted by Gasteiger charge is 2.18. The second-order valence-corrected chi connectivity index (χ2v) is 6.70. The van der Waals surface area contributed by atoms with Crippen molar-refractivity contribution in [3.8, 4) is 10.6 Å². The molecule has 0 spiro atoms. The van der Waals surface area contributed by atoms with Crippen LogP contribution in [0.2, 0.25) is 0 Å². The first-order valence-electron chi connectivity index (χ1n) is 6.64.